The Kier molecular flexibility index (Phi) is 3.83. The minimum Gasteiger partial charge on any atom is -0.372 e. The zero-order valence-corrected chi connectivity index (χ0v) is 13.0. The molecule has 0 saturated carbocycles. The summed E-state index contributed by atoms with van der Waals surface area (Å²) in [6.07, 6.45) is -0.00253. The van der Waals surface area contributed by atoms with Crippen molar-refractivity contribution in [1.82, 2.24) is 9.88 Å². The number of carbonyl (C=O) groups excluding carboxylic acids is 1. The molecule has 2 unspecified atom stereocenters. The first-order chi connectivity index (χ1) is 10.4. The number of morpholine rings is 1. The topological polar surface area (TPSA) is 42.4 Å². The van der Waals surface area contributed by atoms with E-state index in [2.05, 4.69) is 4.98 Å². The molecule has 2 heterocycles. The third kappa shape index (κ3) is 2.81. The van der Waals surface area contributed by atoms with E-state index in [0.29, 0.717) is 29.6 Å². The van der Waals surface area contributed by atoms with Gasteiger partial charge in [-0.3, -0.25) is 9.78 Å². The van der Waals surface area contributed by atoms with Crippen molar-refractivity contribution in [2.24, 2.45) is 0 Å². The highest BCUT2D eigenvalue weighted by molar-refractivity contribution is 6.06. The lowest BCUT2D eigenvalue weighted by Crippen LogP contribution is -2.48. The van der Waals surface area contributed by atoms with Crippen LogP contribution < -0.4 is 0 Å². The van der Waals surface area contributed by atoms with Gasteiger partial charge in [0.05, 0.1) is 23.3 Å². The van der Waals surface area contributed by atoms with Gasteiger partial charge < -0.3 is 9.64 Å². The minimum atomic E-state index is -0.365. The number of hydrogen-bond acceptors (Lipinski definition) is 3. The smallest absolute Gasteiger partial charge is 0.254 e. The summed E-state index contributed by atoms with van der Waals surface area (Å²) in [4.78, 5) is 19.0. The van der Waals surface area contributed by atoms with Crippen LogP contribution in [0.1, 0.15) is 29.9 Å². The van der Waals surface area contributed by atoms with Gasteiger partial charge >= 0.3 is 0 Å². The van der Waals surface area contributed by atoms with Crippen molar-refractivity contribution in [3.63, 3.8) is 0 Å². The number of carbonyl (C=O) groups is 1. The molecule has 1 aromatic heterocycles. The van der Waals surface area contributed by atoms with Crippen LogP contribution in [0, 0.1) is 12.7 Å². The Morgan fingerprint density at radius 3 is 2.64 bits per heavy atom. The van der Waals surface area contributed by atoms with Crippen molar-refractivity contribution >= 4 is 16.8 Å². The summed E-state index contributed by atoms with van der Waals surface area (Å²) in [6.45, 7) is 6.82. The van der Waals surface area contributed by atoms with Gasteiger partial charge in [0.15, 0.2) is 0 Å². The zero-order valence-electron chi connectivity index (χ0n) is 13.0. The quantitative estimate of drug-likeness (QED) is 0.813. The molecule has 4 nitrogen and oxygen atoms in total. The molecule has 0 aliphatic carbocycles. The second kappa shape index (κ2) is 5.65. The number of halogens is 1. The third-order valence-corrected chi connectivity index (χ3v) is 3.84. The summed E-state index contributed by atoms with van der Waals surface area (Å²) in [6, 6.07) is 6.08. The molecule has 1 aliphatic heterocycles. The average Bonchev–Trinajstić information content (AvgIpc) is 2.45. The van der Waals surface area contributed by atoms with Crippen LogP contribution in [0.5, 0.6) is 0 Å². The van der Waals surface area contributed by atoms with Gasteiger partial charge in [0, 0.05) is 24.2 Å². The molecule has 1 aromatic carbocycles. The van der Waals surface area contributed by atoms with Gasteiger partial charge in [0.2, 0.25) is 0 Å². The van der Waals surface area contributed by atoms with Crippen LogP contribution in [-0.4, -0.2) is 41.1 Å². The maximum absolute atomic E-state index is 13.6. The minimum absolute atomic E-state index is 0.00126. The monoisotopic (exact) mass is 302 g/mol. The summed E-state index contributed by atoms with van der Waals surface area (Å²) in [5.74, 6) is -0.459. The fraction of sp³-hybridized carbons (Fsp3) is 0.412. The van der Waals surface area contributed by atoms with Gasteiger partial charge in [-0.05, 0) is 45.0 Å². The predicted molar refractivity (Wildman–Crippen MR) is 82.4 cm³/mol. The lowest BCUT2D eigenvalue weighted by Gasteiger charge is -2.35. The van der Waals surface area contributed by atoms with Gasteiger partial charge in [0.1, 0.15) is 5.82 Å². The maximum Gasteiger partial charge on any atom is 0.254 e. The SMILES string of the molecule is Cc1cc(C(=O)N2CC(C)OC(C)C2)c2cc(F)ccc2n1. The fourth-order valence-corrected chi connectivity index (χ4v) is 3.02. The summed E-state index contributed by atoms with van der Waals surface area (Å²) in [5, 5.41) is 0.558. The first-order valence-electron chi connectivity index (χ1n) is 7.45. The molecule has 0 spiro atoms. The van der Waals surface area contributed by atoms with Crippen molar-refractivity contribution in [2.75, 3.05) is 13.1 Å². The molecule has 22 heavy (non-hydrogen) atoms. The second-order valence-electron chi connectivity index (χ2n) is 5.94. The molecule has 1 amide bonds. The maximum atomic E-state index is 13.6. The highest BCUT2D eigenvalue weighted by atomic mass is 19.1. The van der Waals surface area contributed by atoms with E-state index in [1.165, 1.54) is 12.1 Å². The van der Waals surface area contributed by atoms with E-state index >= 15 is 0 Å². The number of nitrogens with zero attached hydrogens (tertiary/aromatic N) is 2. The van der Waals surface area contributed by atoms with E-state index in [-0.39, 0.29) is 23.9 Å². The molecule has 1 saturated heterocycles. The molecule has 3 rings (SSSR count). The van der Waals surface area contributed by atoms with Crippen LogP contribution in [0.15, 0.2) is 24.3 Å². The molecule has 2 aromatic rings. The van der Waals surface area contributed by atoms with Crippen LogP contribution in [0.25, 0.3) is 10.9 Å². The molecule has 2 atom stereocenters. The number of ether oxygens (including phenoxy) is 1. The Bertz CT molecular complexity index is 722. The van der Waals surface area contributed by atoms with Gasteiger partial charge in [0.25, 0.3) is 5.91 Å². The number of hydrogen-bond donors (Lipinski definition) is 0. The Labute approximate surface area is 128 Å². The lowest BCUT2D eigenvalue weighted by atomic mass is 10.1. The van der Waals surface area contributed by atoms with E-state index in [4.69, 9.17) is 4.74 Å². The van der Waals surface area contributed by atoms with E-state index in [1.807, 2.05) is 20.8 Å². The number of aromatic nitrogens is 1. The van der Waals surface area contributed by atoms with Gasteiger partial charge in [-0.15, -0.1) is 0 Å². The van der Waals surface area contributed by atoms with Crippen molar-refractivity contribution in [3.05, 3.63) is 41.3 Å². The molecular formula is C17H19FN2O2. The normalized spacial score (nSPS) is 22.1. The average molecular weight is 302 g/mol. The third-order valence-electron chi connectivity index (χ3n) is 3.84. The van der Waals surface area contributed by atoms with Crippen LogP contribution >= 0.6 is 0 Å². The zero-order chi connectivity index (χ0) is 15.9. The summed E-state index contributed by atoms with van der Waals surface area (Å²) < 4.78 is 19.2. The highest BCUT2D eigenvalue weighted by Gasteiger charge is 2.27. The van der Waals surface area contributed by atoms with Crippen LogP contribution in [0.2, 0.25) is 0 Å². The number of fused-ring (bicyclic) bond motifs is 1. The van der Waals surface area contributed by atoms with Crippen molar-refractivity contribution < 1.29 is 13.9 Å². The van der Waals surface area contributed by atoms with Crippen LogP contribution in [-0.2, 0) is 4.74 Å². The van der Waals surface area contributed by atoms with Crippen LogP contribution in [0.4, 0.5) is 4.39 Å². The Hall–Kier alpha value is -2.01. The van der Waals surface area contributed by atoms with Gasteiger partial charge in [-0.25, -0.2) is 4.39 Å². The molecule has 1 fully saturated rings. The van der Waals surface area contributed by atoms with E-state index < -0.39 is 0 Å². The number of amides is 1. The predicted octanol–water partition coefficient (Wildman–Crippen LogP) is 2.93. The first kappa shape index (κ1) is 14.9. The van der Waals surface area contributed by atoms with Crippen molar-refractivity contribution in [3.8, 4) is 0 Å². The molecule has 1 aliphatic rings. The second-order valence-corrected chi connectivity index (χ2v) is 5.94. The van der Waals surface area contributed by atoms with Crippen molar-refractivity contribution in [2.45, 2.75) is 33.0 Å². The fourth-order valence-electron chi connectivity index (χ4n) is 3.02. The summed E-state index contributed by atoms with van der Waals surface area (Å²) >= 11 is 0. The standard InChI is InChI=1S/C17H19FN2O2/c1-10-6-15(14-7-13(18)4-5-16(14)19-10)17(21)20-8-11(2)22-12(3)9-20/h4-7,11-12H,8-9H2,1-3H3. The Morgan fingerprint density at radius 1 is 1.27 bits per heavy atom. The number of rotatable bonds is 1. The van der Waals surface area contributed by atoms with E-state index in [0.717, 1.165) is 5.69 Å². The van der Waals surface area contributed by atoms with Crippen molar-refractivity contribution in [1.29, 1.82) is 0 Å². The number of benzene rings is 1. The molecule has 0 radical (unpaired) electrons. The Balaban J connectivity index is 2.05. The number of pyridine rings is 1. The first-order valence-corrected chi connectivity index (χ1v) is 7.45. The van der Waals surface area contributed by atoms with Crippen LogP contribution in [0.3, 0.4) is 0 Å². The number of aryl methyl sites for hydroxylation is 1. The summed E-state index contributed by atoms with van der Waals surface area (Å²) in [5.41, 5.74) is 1.89. The van der Waals surface area contributed by atoms with Gasteiger partial charge in [-0.1, -0.05) is 0 Å². The molecule has 5 heteroatoms. The largest absolute Gasteiger partial charge is 0.372 e. The van der Waals surface area contributed by atoms with E-state index in [1.54, 1.807) is 17.0 Å². The van der Waals surface area contributed by atoms with E-state index in [9.17, 15) is 9.18 Å². The highest BCUT2D eigenvalue weighted by Crippen LogP contribution is 2.23. The molecule has 0 bridgehead atoms. The molecule has 0 N–H and O–H groups in total. The summed E-state index contributed by atoms with van der Waals surface area (Å²) in [7, 11) is 0. The Morgan fingerprint density at radius 2 is 1.95 bits per heavy atom. The lowest BCUT2D eigenvalue weighted by molar-refractivity contribution is -0.0585. The van der Waals surface area contributed by atoms with Gasteiger partial charge in [-0.2, -0.15) is 0 Å². The molecule has 116 valence electrons. The molecular weight excluding hydrogens is 283 g/mol.